The highest BCUT2D eigenvalue weighted by molar-refractivity contribution is 8.00. The maximum Gasteiger partial charge on any atom is 0.236 e. The number of hydrogen-bond acceptors (Lipinski definition) is 6. The van der Waals surface area contributed by atoms with Gasteiger partial charge >= 0.3 is 0 Å². The molecule has 0 fully saturated rings. The van der Waals surface area contributed by atoms with Crippen molar-refractivity contribution in [1.82, 2.24) is 20.2 Å². The molecule has 0 aliphatic carbocycles. The van der Waals surface area contributed by atoms with Crippen molar-refractivity contribution in [3.05, 3.63) is 95.6 Å². The Morgan fingerprint density at radius 3 is 2.49 bits per heavy atom. The van der Waals surface area contributed by atoms with E-state index in [1.54, 1.807) is 0 Å². The van der Waals surface area contributed by atoms with Gasteiger partial charge in [0.25, 0.3) is 0 Å². The van der Waals surface area contributed by atoms with Crippen molar-refractivity contribution in [2.75, 3.05) is 12.0 Å². The minimum absolute atomic E-state index is 0.0579. The number of thioether (sulfide) groups is 1. The molecule has 7 nitrogen and oxygen atoms in total. The van der Waals surface area contributed by atoms with Crippen LogP contribution in [0, 0.1) is 6.92 Å². The molecule has 1 amide bonds. The summed E-state index contributed by atoms with van der Waals surface area (Å²) in [7, 11) is 0. The SMILES string of the molecule is CCOc1ccc([C@H]2Nn3c(nnc3-c3ccccc3)S[C@H]2C(=O)NCc2ccc(C)cc2)cc1. The molecule has 2 heterocycles. The molecule has 1 aliphatic heterocycles. The molecule has 3 aromatic carbocycles. The molecule has 2 N–H and O–H groups in total. The number of aryl methyl sites for hydroxylation is 1. The number of hydrogen-bond donors (Lipinski definition) is 2. The van der Waals surface area contributed by atoms with Crippen LogP contribution < -0.4 is 15.5 Å². The molecule has 0 radical (unpaired) electrons. The van der Waals surface area contributed by atoms with Crippen molar-refractivity contribution < 1.29 is 9.53 Å². The van der Waals surface area contributed by atoms with E-state index in [2.05, 4.69) is 33.1 Å². The van der Waals surface area contributed by atoms with E-state index in [9.17, 15) is 4.79 Å². The van der Waals surface area contributed by atoms with Gasteiger partial charge in [0.2, 0.25) is 11.1 Å². The van der Waals surface area contributed by atoms with E-state index in [1.165, 1.54) is 17.3 Å². The lowest BCUT2D eigenvalue weighted by Crippen LogP contribution is -2.43. The topological polar surface area (TPSA) is 81.1 Å². The maximum absolute atomic E-state index is 13.4. The molecule has 0 unspecified atom stereocenters. The van der Waals surface area contributed by atoms with E-state index in [4.69, 9.17) is 4.74 Å². The van der Waals surface area contributed by atoms with Crippen LogP contribution in [-0.2, 0) is 11.3 Å². The van der Waals surface area contributed by atoms with Gasteiger partial charge in [-0.25, -0.2) is 4.68 Å². The Labute approximate surface area is 208 Å². The molecule has 4 aromatic rings. The fourth-order valence-corrected chi connectivity index (χ4v) is 5.12. The highest BCUT2D eigenvalue weighted by Gasteiger charge is 2.38. The lowest BCUT2D eigenvalue weighted by atomic mass is 10.0. The van der Waals surface area contributed by atoms with Gasteiger partial charge in [0.05, 0.1) is 12.6 Å². The molecule has 0 bridgehead atoms. The first-order chi connectivity index (χ1) is 17.1. The summed E-state index contributed by atoms with van der Waals surface area (Å²) in [5.41, 5.74) is 7.70. The third-order valence-corrected chi connectivity index (χ3v) is 7.08. The van der Waals surface area contributed by atoms with Gasteiger partial charge in [-0.2, -0.15) is 0 Å². The average Bonchev–Trinajstić information content (AvgIpc) is 3.32. The molecule has 0 spiro atoms. The largest absolute Gasteiger partial charge is 0.494 e. The zero-order valence-corrected chi connectivity index (χ0v) is 20.5. The quantitative estimate of drug-likeness (QED) is 0.394. The third-order valence-electron chi connectivity index (χ3n) is 5.86. The summed E-state index contributed by atoms with van der Waals surface area (Å²) in [4.78, 5) is 13.4. The first-order valence-electron chi connectivity index (χ1n) is 11.6. The van der Waals surface area contributed by atoms with Gasteiger partial charge in [-0.3, -0.25) is 4.79 Å². The molecule has 1 aliphatic rings. The van der Waals surface area contributed by atoms with Crippen LogP contribution in [0.5, 0.6) is 5.75 Å². The van der Waals surface area contributed by atoms with E-state index in [-0.39, 0.29) is 11.9 Å². The van der Waals surface area contributed by atoms with Crippen molar-refractivity contribution in [2.24, 2.45) is 0 Å². The van der Waals surface area contributed by atoms with E-state index < -0.39 is 5.25 Å². The zero-order chi connectivity index (χ0) is 24.2. The zero-order valence-electron chi connectivity index (χ0n) is 19.6. The van der Waals surface area contributed by atoms with Gasteiger partial charge in [0, 0.05) is 12.1 Å². The second kappa shape index (κ2) is 10.2. The van der Waals surface area contributed by atoms with Crippen LogP contribution in [0.3, 0.4) is 0 Å². The molecule has 2 atom stereocenters. The minimum Gasteiger partial charge on any atom is -0.494 e. The molecule has 0 saturated carbocycles. The van der Waals surface area contributed by atoms with Gasteiger partial charge < -0.3 is 15.5 Å². The third kappa shape index (κ3) is 5.02. The van der Waals surface area contributed by atoms with Crippen LogP contribution in [0.4, 0.5) is 0 Å². The second-order valence-electron chi connectivity index (χ2n) is 8.36. The van der Waals surface area contributed by atoms with Crippen molar-refractivity contribution >= 4 is 17.7 Å². The Morgan fingerprint density at radius 2 is 1.77 bits per heavy atom. The number of benzene rings is 3. The summed E-state index contributed by atoms with van der Waals surface area (Å²) in [5, 5.41) is 12.1. The van der Waals surface area contributed by atoms with E-state index in [0.29, 0.717) is 24.1 Å². The highest BCUT2D eigenvalue weighted by atomic mass is 32.2. The van der Waals surface area contributed by atoms with Gasteiger partial charge in [-0.05, 0) is 37.1 Å². The monoisotopic (exact) mass is 485 g/mol. The Kier molecular flexibility index (Phi) is 6.72. The summed E-state index contributed by atoms with van der Waals surface area (Å²) in [6.45, 7) is 5.08. The number of nitrogens with zero attached hydrogens (tertiary/aromatic N) is 3. The van der Waals surface area contributed by atoms with Gasteiger partial charge in [-0.15, -0.1) is 10.2 Å². The van der Waals surface area contributed by atoms with E-state index >= 15 is 0 Å². The summed E-state index contributed by atoms with van der Waals surface area (Å²) < 4.78 is 7.49. The van der Waals surface area contributed by atoms with Crippen LogP contribution in [0.1, 0.15) is 29.7 Å². The van der Waals surface area contributed by atoms with Crippen molar-refractivity contribution in [2.45, 2.75) is 36.8 Å². The number of nitrogens with one attached hydrogen (secondary N) is 2. The standard InChI is InChI=1S/C27H27N5O2S/c1-3-34-22-15-13-20(14-16-22)23-24(26(33)28-17-19-11-9-18(2)10-12-19)35-27-30-29-25(32(27)31-23)21-7-5-4-6-8-21/h4-16,23-24,31H,3,17H2,1-2H3,(H,28,33)/t23-,24-/m1/s1. The van der Waals surface area contributed by atoms with Gasteiger partial charge in [-0.1, -0.05) is 84.1 Å². The number of fused-ring (bicyclic) bond motifs is 1. The van der Waals surface area contributed by atoms with Crippen molar-refractivity contribution in [1.29, 1.82) is 0 Å². The highest BCUT2D eigenvalue weighted by Crippen LogP contribution is 2.39. The lowest BCUT2D eigenvalue weighted by molar-refractivity contribution is -0.121. The van der Waals surface area contributed by atoms with Crippen LogP contribution in [0.2, 0.25) is 0 Å². The van der Waals surface area contributed by atoms with Crippen LogP contribution in [0.25, 0.3) is 11.4 Å². The fourth-order valence-electron chi connectivity index (χ4n) is 4.01. The summed E-state index contributed by atoms with van der Waals surface area (Å²) in [5.74, 6) is 1.45. The number of rotatable bonds is 7. The number of ether oxygens (including phenoxy) is 1. The normalized spacial score (nSPS) is 16.7. The Hall–Kier alpha value is -3.78. The van der Waals surface area contributed by atoms with E-state index in [1.807, 2.05) is 85.3 Å². The molecule has 178 valence electrons. The molecule has 1 aromatic heterocycles. The lowest BCUT2D eigenvalue weighted by Gasteiger charge is -2.33. The maximum atomic E-state index is 13.4. The Morgan fingerprint density at radius 1 is 1.03 bits per heavy atom. The summed E-state index contributed by atoms with van der Waals surface area (Å²) >= 11 is 1.42. The van der Waals surface area contributed by atoms with Gasteiger partial charge in [0.1, 0.15) is 11.0 Å². The smallest absolute Gasteiger partial charge is 0.236 e. The van der Waals surface area contributed by atoms with Crippen molar-refractivity contribution in [3.8, 4) is 17.1 Å². The predicted octanol–water partition coefficient (Wildman–Crippen LogP) is 4.73. The number of carbonyl (C=O) groups is 1. The minimum atomic E-state index is -0.432. The number of amides is 1. The molecule has 5 rings (SSSR count). The number of carbonyl (C=O) groups excluding carboxylic acids is 1. The van der Waals surface area contributed by atoms with Crippen LogP contribution >= 0.6 is 11.8 Å². The second-order valence-corrected chi connectivity index (χ2v) is 9.47. The van der Waals surface area contributed by atoms with E-state index in [0.717, 1.165) is 22.4 Å². The van der Waals surface area contributed by atoms with Crippen LogP contribution in [-0.4, -0.2) is 32.6 Å². The molecular weight excluding hydrogens is 458 g/mol. The average molecular weight is 486 g/mol. The fraction of sp³-hybridized carbons (Fsp3) is 0.222. The first kappa shape index (κ1) is 23.0. The Bertz CT molecular complexity index is 1290. The Balaban J connectivity index is 1.44. The first-order valence-corrected chi connectivity index (χ1v) is 12.5. The molecular formula is C27H27N5O2S. The molecule has 35 heavy (non-hydrogen) atoms. The number of aromatic nitrogens is 3. The summed E-state index contributed by atoms with van der Waals surface area (Å²) in [6, 6.07) is 25.7. The predicted molar refractivity (Wildman–Crippen MR) is 138 cm³/mol. The molecule has 0 saturated heterocycles. The van der Waals surface area contributed by atoms with Crippen molar-refractivity contribution in [3.63, 3.8) is 0 Å². The van der Waals surface area contributed by atoms with Gasteiger partial charge in [0.15, 0.2) is 5.82 Å². The molecule has 8 heteroatoms. The summed E-state index contributed by atoms with van der Waals surface area (Å²) in [6.07, 6.45) is 0. The van der Waals surface area contributed by atoms with Crippen LogP contribution in [0.15, 0.2) is 84.0 Å².